The molecule has 0 unspecified atom stereocenters. The number of ether oxygens (including phenoxy) is 2. The van der Waals surface area contributed by atoms with E-state index in [1.807, 2.05) is 24.3 Å². The van der Waals surface area contributed by atoms with E-state index in [4.69, 9.17) is 9.47 Å². The van der Waals surface area contributed by atoms with Crippen LogP contribution in [0.5, 0.6) is 11.5 Å². The highest BCUT2D eigenvalue weighted by Gasteiger charge is 2.61. The number of amides is 2. The number of rotatable bonds is 4. The Kier molecular flexibility index (Phi) is 4.98. The molecule has 38 heavy (non-hydrogen) atoms. The molecule has 2 amide bonds. The highest BCUT2D eigenvalue weighted by Crippen LogP contribution is 2.61. The third kappa shape index (κ3) is 3.16. The number of hydrogen-bond donors (Lipinski definition) is 0. The summed E-state index contributed by atoms with van der Waals surface area (Å²) in [5.41, 5.74) is 5.12. The maximum Gasteiger partial charge on any atom is 0.343 e. The molecule has 6 heteroatoms. The van der Waals surface area contributed by atoms with Crippen LogP contribution in [-0.4, -0.2) is 24.9 Å². The smallest absolute Gasteiger partial charge is 0.343 e. The van der Waals surface area contributed by atoms with E-state index in [1.165, 1.54) is 4.90 Å². The molecule has 1 fully saturated rings. The van der Waals surface area contributed by atoms with Crippen molar-refractivity contribution in [2.75, 3.05) is 12.0 Å². The minimum Gasteiger partial charge on any atom is -0.497 e. The van der Waals surface area contributed by atoms with E-state index >= 15 is 0 Å². The topological polar surface area (TPSA) is 72.9 Å². The molecule has 4 aromatic rings. The molecule has 0 aromatic heterocycles. The van der Waals surface area contributed by atoms with Crippen LogP contribution in [0.4, 0.5) is 5.69 Å². The van der Waals surface area contributed by atoms with E-state index in [-0.39, 0.29) is 29.2 Å². The second-order valence-corrected chi connectivity index (χ2v) is 9.89. The Balaban J connectivity index is 1.24. The lowest BCUT2D eigenvalue weighted by molar-refractivity contribution is -0.122. The Hall–Kier alpha value is -4.71. The Morgan fingerprint density at radius 3 is 1.66 bits per heavy atom. The van der Waals surface area contributed by atoms with Gasteiger partial charge in [-0.05, 0) is 64.7 Å². The number of hydrogen-bond acceptors (Lipinski definition) is 5. The normalized spacial score (nSPS) is 22.5. The highest BCUT2D eigenvalue weighted by molar-refractivity contribution is 6.23. The molecule has 2 atom stereocenters. The molecule has 1 aliphatic heterocycles. The zero-order valence-corrected chi connectivity index (χ0v) is 20.5. The average molecular weight is 502 g/mol. The monoisotopic (exact) mass is 501 g/mol. The van der Waals surface area contributed by atoms with Gasteiger partial charge >= 0.3 is 5.97 Å². The summed E-state index contributed by atoms with van der Waals surface area (Å²) in [4.78, 5) is 42.1. The van der Waals surface area contributed by atoms with Gasteiger partial charge in [-0.15, -0.1) is 0 Å². The third-order valence-corrected chi connectivity index (χ3v) is 8.06. The van der Waals surface area contributed by atoms with E-state index in [0.717, 1.165) is 22.3 Å². The van der Waals surface area contributed by atoms with Crippen LogP contribution >= 0.6 is 0 Å². The summed E-state index contributed by atoms with van der Waals surface area (Å²) < 4.78 is 10.7. The van der Waals surface area contributed by atoms with E-state index < -0.39 is 17.8 Å². The number of anilines is 1. The molecule has 8 rings (SSSR count). The van der Waals surface area contributed by atoms with Gasteiger partial charge < -0.3 is 9.47 Å². The number of carbonyl (C=O) groups excluding carboxylic acids is 3. The van der Waals surface area contributed by atoms with Crippen molar-refractivity contribution in [3.63, 3.8) is 0 Å². The molecule has 0 spiro atoms. The number of nitrogens with zero attached hydrogens (tertiary/aromatic N) is 1. The van der Waals surface area contributed by atoms with Crippen LogP contribution in [0, 0.1) is 11.8 Å². The van der Waals surface area contributed by atoms with Crippen molar-refractivity contribution in [1.29, 1.82) is 0 Å². The summed E-state index contributed by atoms with van der Waals surface area (Å²) in [5, 5.41) is 0. The summed E-state index contributed by atoms with van der Waals surface area (Å²) in [5.74, 6) is -1.32. The van der Waals surface area contributed by atoms with Gasteiger partial charge in [-0.25, -0.2) is 9.69 Å². The summed E-state index contributed by atoms with van der Waals surface area (Å²) in [6.45, 7) is 0. The molecular formula is C32H23NO5. The Bertz CT molecular complexity index is 1510. The first kappa shape index (κ1) is 22.5. The molecule has 186 valence electrons. The molecule has 0 N–H and O–H groups in total. The summed E-state index contributed by atoms with van der Waals surface area (Å²) in [7, 11) is 1.56. The van der Waals surface area contributed by atoms with Crippen LogP contribution in [0.1, 0.15) is 44.4 Å². The van der Waals surface area contributed by atoms with Gasteiger partial charge in [0.15, 0.2) is 0 Å². The Morgan fingerprint density at radius 2 is 1.16 bits per heavy atom. The fourth-order valence-corrected chi connectivity index (χ4v) is 6.51. The Labute approximate surface area is 219 Å². The largest absolute Gasteiger partial charge is 0.497 e. The zero-order valence-electron chi connectivity index (χ0n) is 20.5. The van der Waals surface area contributed by atoms with Crippen molar-refractivity contribution in [3.05, 3.63) is 125 Å². The van der Waals surface area contributed by atoms with Crippen molar-refractivity contribution in [1.82, 2.24) is 0 Å². The molecular weight excluding hydrogens is 478 g/mol. The van der Waals surface area contributed by atoms with Gasteiger partial charge in [-0.3, -0.25) is 9.59 Å². The van der Waals surface area contributed by atoms with Crippen molar-refractivity contribution in [2.24, 2.45) is 11.8 Å². The van der Waals surface area contributed by atoms with Gasteiger partial charge in [0.1, 0.15) is 11.5 Å². The molecule has 6 nitrogen and oxygen atoms in total. The highest BCUT2D eigenvalue weighted by atomic mass is 16.5. The second-order valence-electron chi connectivity index (χ2n) is 9.89. The minimum atomic E-state index is -0.576. The molecule has 4 aliphatic rings. The maximum absolute atomic E-state index is 14.0. The van der Waals surface area contributed by atoms with Gasteiger partial charge in [0.05, 0.1) is 30.2 Å². The number of imide groups is 1. The van der Waals surface area contributed by atoms with E-state index in [1.54, 1.807) is 55.6 Å². The lowest BCUT2D eigenvalue weighted by Crippen LogP contribution is -2.41. The Morgan fingerprint density at radius 1 is 0.658 bits per heavy atom. The van der Waals surface area contributed by atoms with Crippen LogP contribution in [0.15, 0.2) is 97.1 Å². The lowest BCUT2D eigenvalue weighted by atomic mass is 9.55. The molecule has 4 aromatic carbocycles. The van der Waals surface area contributed by atoms with Gasteiger partial charge in [0, 0.05) is 11.8 Å². The van der Waals surface area contributed by atoms with Crippen molar-refractivity contribution in [3.8, 4) is 11.5 Å². The second kappa shape index (κ2) is 8.42. The number of carbonyl (C=O) groups is 3. The van der Waals surface area contributed by atoms with Gasteiger partial charge in [-0.1, -0.05) is 54.6 Å². The first-order valence-corrected chi connectivity index (χ1v) is 12.6. The molecule has 3 aliphatic carbocycles. The lowest BCUT2D eigenvalue weighted by Gasteiger charge is -2.45. The van der Waals surface area contributed by atoms with Gasteiger partial charge in [0.25, 0.3) is 0 Å². The van der Waals surface area contributed by atoms with Gasteiger partial charge in [0.2, 0.25) is 11.8 Å². The first-order chi connectivity index (χ1) is 18.6. The minimum absolute atomic E-state index is 0.179. The van der Waals surface area contributed by atoms with E-state index in [0.29, 0.717) is 17.2 Å². The van der Waals surface area contributed by atoms with E-state index in [9.17, 15) is 14.4 Å². The number of esters is 1. The van der Waals surface area contributed by atoms with Crippen LogP contribution in [0.2, 0.25) is 0 Å². The predicted octanol–water partition coefficient (Wildman–Crippen LogP) is 5.31. The number of benzene rings is 4. The summed E-state index contributed by atoms with van der Waals surface area (Å²) >= 11 is 0. The summed E-state index contributed by atoms with van der Waals surface area (Å²) in [6.07, 6.45) is 0. The quantitative estimate of drug-likeness (QED) is 0.215. The maximum atomic E-state index is 14.0. The number of methoxy groups -OCH3 is 1. The van der Waals surface area contributed by atoms with E-state index in [2.05, 4.69) is 24.3 Å². The molecule has 0 saturated carbocycles. The van der Waals surface area contributed by atoms with Gasteiger partial charge in [-0.2, -0.15) is 0 Å². The molecule has 1 heterocycles. The first-order valence-electron chi connectivity index (χ1n) is 12.6. The summed E-state index contributed by atoms with van der Waals surface area (Å²) in [6, 6.07) is 29.5. The van der Waals surface area contributed by atoms with Crippen LogP contribution in [-0.2, 0) is 9.59 Å². The van der Waals surface area contributed by atoms with Crippen LogP contribution in [0.25, 0.3) is 0 Å². The molecule has 0 radical (unpaired) electrons. The standard InChI is InChI=1S/C32H23NO5/c1-37-20-13-15-21(16-14-20)38-32(36)18-7-6-8-19(17-18)33-30(34)28-26-22-9-2-3-10-23(22)27(29(28)31(33)35)25-12-5-4-11-24(25)26/h2-17,26-29H,1H3/t26?,27?,28-,29-/m1/s1. The molecule has 2 bridgehead atoms. The van der Waals surface area contributed by atoms with Crippen molar-refractivity contribution >= 4 is 23.5 Å². The van der Waals surface area contributed by atoms with Crippen LogP contribution < -0.4 is 14.4 Å². The van der Waals surface area contributed by atoms with Crippen LogP contribution in [0.3, 0.4) is 0 Å². The third-order valence-electron chi connectivity index (χ3n) is 8.06. The molecule has 1 saturated heterocycles. The van der Waals surface area contributed by atoms with Crippen molar-refractivity contribution < 1.29 is 23.9 Å². The SMILES string of the molecule is COc1ccc(OC(=O)c2cccc(N3C(=O)[C@@H]4C5c6ccccc6C(c6ccccc65)[C@H]4C3=O)c2)cc1. The van der Waals surface area contributed by atoms with Crippen molar-refractivity contribution in [2.45, 2.75) is 11.8 Å². The fraction of sp³-hybridized carbons (Fsp3) is 0.156. The average Bonchev–Trinajstić information content (AvgIpc) is 3.23. The zero-order chi connectivity index (χ0) is 26.0. The predicted molar refractivity (Wildman–Crippen MR) is 140 cm³/mol. The fourth-order valence-electron chi connectivity index (χ4n) is 6.51.